The Morgan fingerprint density at radius 3 is 2.45 bits per heavy atom. The molecule has 0 spiro atoms. The zero-order valence-electron chi connectivity index (χ0n) is 23.9. The number of hydrogen-bond acceptors (Lipinski definition) is 7. The van der Waals surface area contributed by atoms with Crippen LogP contribution >= 0.6 is 0 Å². The van der Waals surface area contributed by atoms with Crippen LogP contribution in [0.3, 0.4) is 0 Å². The average Bonchev–Trinajstić information content (AvgIpc) is 2.96. The van der Waals surface area contributed by atoms with E-state index in [1.165, 1.54) is 12.1 Å². The van der Waals surface area contributed by atoms with Gasteiger partial charge in [0.15, 0.2) is 0 Å². The second-order valence-electron chi connectivity index (χ2n) is 9.92. The van der Waals surface area contributed by atoms with Crippen molar-refractivity contribution in [2.45, 2.75) is 40.3 Å². The molecule has 0 aliphatic carbocycles. The molecule has 0 aliphatic heterocycles. The van der Waals surface area contributed by atoms with Crippen molar-refractivity contribution in [3.63, 3.8) is 0 Å². The Labute approximate surface area is 244 Å². The molecule has 8 nitrogen and oxygen atoms in total. The minimum absolute atomic E-state index is 0.110. The third-order valence-electron chi connectivity index (χ3n) is 6.55. The van der Waals surface area contributed by atoms with E-state index in [2.05, 4.69) is 15.2 Å². The van der Waals surface area contributed by atoms with Crippen molar-refractivity contribution >= 4 is 17.6 Å². The number of benzene rings is 3. The molecule has 1 heterocycles. The molecule has 42 heavy (non-hydrogen) atoms. The number of phenolic OH excluding ortho intramolecular Hbond substituents is 1. The number of aromatic hydroxyl groups is 1. The number of phenols is 1. The molecule has 4 rings (SSSR count). The number of nitrogens with zero attached hydrogens (tertiary/aromatic N) is 2. The van der Waals surface area contributed by atoms with Crippen LogP contribution < -0.4 is 10.1 Å². The molecule has 0 radical (unpaired) electrons. The van der Waals surface area contributed by atoms with Crippen LogP contribution in [0.2, 0.25) is 0 Å². The van der Waals surface area contributed by atoms with E-state index >= 15 is 0 Å². The molecule has 4 aromatic rings. The second kappa shape index (κ2) is 14.2. The molecule has 1 aromatic heterocycles. The third-order valence-corrected chi connectivity index (χ3v) is 6.55. The summed E-state index contributed by atoms with van der Waals surface area (Å²) >= 11 is 0. The van der Waals surface area contributed by atoms with E-state index in [0.717, 1.165) is 22.4 Å². The number of amides is 1. The van der Waals surface area contributed by atoms with Gasteiger partial charge in [0.25, 0.3) is 0 Å². The van der Waals surface area contributed by atoms with Gasteiger partial charge in [-0.2, -0.15) is 0 Å². The first-order valence-corrected chi connectivity index (χ1v) is 13.7. The fraction of sp³-hybridized carbons (Fsp3) is 0.242. The van der Waals surface area contributed by atoms with Gasteiger partial charge in [-0.05, 0) is 92.1 Å². The maximum atomic E-state index is 13.9. The largest absolute Gasteiger partial charge is 0.508 e. The molecule has 2 N–H and O–H groups in total. The summed E-state index contributed by atoms with van der Waals surface area (Å²) in [5, 5.41) is 13.3. The molecular formula is C33H34FN3O5. The summed E-state index contributed by atoms with van der Waals surface area (Å²) in [6.07, 6.45) is 2.44. The lowest BCUT2D eigenvalue weighted by molar-refractivity contribution is -0.152. The van der Waals surface area contributed by atoms with Crippen LogP contribution in [0, 0.1) is 19.7 Å². The zero-order valence-corrected chi connectivity index (χ0v) is 23.9. The zero-order chi connectivity index (χ0) is 30.1. The van der Waals surface area contributed by atoms with Crippen molar-refractivity contribution < 1.29 is 28.6 Å². The number of rotatable bonds is 11. The molecule has 0 atom stereocenters. The number of halogens is 1. The number of aryl methyl sites for hydroxylation is 2. The van der Waals surface area contributed by atoms with Gasteiger partial charge in [0.05, 0.1) is 6.61 Å². The number of aromatic nitrogens is 1. The van der Waals surface area contributed by atoms with Gasteiger partial charge in [-0.25, -0.2) is 9.18 Å². The lowest BCUT2D eigenvalue weighted by Crippen LogP contribution is -2.25. The van der Waals surface area contributed by atoms with Gasteiger partial charge in [0, 0.05) is 49.2 Å². The van der Waals surface area contributed by atoms with E-state index in [9.17, 15) is 19.1 Å². The first-order valence-electron chi connectivity index (χ1n) is 13.7. The van der Waals surface area contributed by atoms with Gasteiger partial charge < -0.3 is 19.9 Å². The van der Waals surface area contributed by atoms with Crippen molar-refractivity contribution in [2.75, 3.05) is 18.5 Å². The Balaban J connectivity index is 1.52. The highest BCUT2D eigenvalue weighted by Crippen LogP contribution is 2.34. The highest BCUT2D eigenvalue weighted by Gasteiger charge is 2.17. The molecule has 0 fully saturated rings. The Hall–Kier alpha value is -4.76. The van der Waals surface area contributed by atoms with Crippen LogP contribution in [-0.2, 0) is 33.8 Å². The quantitative estimate of drug-likeness (QED) is 0.166. The summed E-state index contributed by atoms with van der Waals surface area (Å²) in [6, 6.07) is 20.7. The molecule has 3 aromatic carbocycles. The summed E-state index contributed by atoms with van der Waals surface area (Å²) in [7, 11) is 0. The number of ether oxygens (including phenoxy) is 2. The SMILES string of the molecule is CCOC(=O)C(=O)Nc1cc(C)c(Oc2ccc(O)c(CN(CCc3ccccn3)Cc3cccc(F)c3)c2)c(C)c1. The minimum Gasteiger partial charge on any atom is -0.508 e. The Kier molecular flexibility index (Phi) is 10.2. The second-order valence-corrected chi connectivity index (χ2v) is 9.92. The standard InChI is InChI=1S/C33H34FN3O5/c1-4-41-33(40)32(39)36-28-16-22(2)31(23(3)17-28)42-29-11-12-30(38)25(19-29)21-37(15-13-27-10-5-6-14-35-27)20-24-8-7-9-26(34)18-24/h5-12,14,16-19,38H,4,13,15,20-21H2,1-3H3,(H,36,39). The topological polar surface area (TPSA) is 101 Å². The fourth-order valence-corrected chi connectivity index (χ4v) is 4.60. The third kappa shape index (κ3) is 8.37. The van der Waals surface area contributed by atoms with Crippen LogP contribution in [0.1, 0.15) is 34.9 Å². The first-order chi connectivity index (χ1) is 20.2. The molecular weight excluding hydrogens is 537 g/mol. The van der Waals surface area contributed by atoms with Crippen LogP contribution in [0.25, 0.3) is 0 Å². The van der Waals surface area contributed by atoms with Gasteiger partial charge in [-0.3, -0.25) is 14.7 Å². The van der Waals surface area contributed by atoms with E-state index in [0.29, 0.717) is 48.8 Å². The van der Waals surface area contributed by atoms with Gasteiger partial charge >= 0.3 is 11.9 Å². The average molecular weight is 572 g/mol. The summed E-state index contributed by atoms with van der Waals surface area (Å²) in [4.78, 5) is 30.3. The van der Waals surface area contributed by atoms with E-state index in [4.69, 9.17) is 9.47 Å². The normalized spacial score (nSPS) is 10.9. The van der Waals surface area contributed by atoms with Crippen molar-refractivity contribution in [1.82, 2.24) is 9.88 Å². The number of esters is 1. The number of pyridine rings is 1. The van der Waals surface area contributed by atoms with Crippen molar-refractivity contribution in [2.24, 2.45) is 0 Å². The van der Waals surface area contributed by atoms with Crippen molar-refractivity contribution in [3.05, 3.63) is 113 Å². The van der Waals surface area contributed by atoms with Crippen molar-refractivity contribution in [1.29, 1.82) is 0 Å². The van der Waals surface area contributed by atoms with Crippen LogP contribution in [0.15, 0.2) is 79.0 Å². The summed E-state index contributed by atoms with van der Waals surface area (Å²) in [6.45, 7) is 6.91. The Bertz CT molecular complexity index is 1520. The molecule has 1 amide bonds. The van der Waals surface area contributed by atoms with Gasteiger partial charge in [-0.15, -0.1) is 0 Å². The monoisotopic (exact) mass is 571 g/mol. The van der Waals surface area contributed by atoms with E-state index in [-0.39, 0.29) is 18.2 Å². The van der Waals surface area contributed by atoms with E-state index in [1.807, 2.05) is 38.1 Å². The number of carbonyl (C=O) groups excluding carboxylic acids is 2. The van der Waals surface area contributed by atoms with E-state index in [1.54, 1.807) is 49.5 Å². The smallest absolute Gasteiger partial charge is 0.397 e. The van der Waals surface area contributed by atoms with Crippen LogP contribution in [-0.4, -0.2) is 40.0 Å². The number of anilines is 1. The number of hydrogen-bond donors (Lipinski definition) is 2. The summed E-state index contributed by atoms with van der Waals surface area (Å²) in [5.41, 5.74) is 4.35. The van der Waals surface area contributed by atoms with Crippen LogP contribution in [0.5, 0.6) is 17.2 Å². The lowest BCUT2D eigenvalue weighted by atomic mass is 10.1. The molecule has 0 saturated heterocycles. The first kappa shape index (κ1) is 30.2. The lowest BCUT2D eigenvalue weighted by Gasteiger charge is -2.23. The summed E-state index contributed by atoms with van der Waals surface area (Å²) < 4.78 is 24.9. The van der Waals surface area contributed by atoms with Gasteiger partial charge in [0.1, 0.15) is 23.1 Å². The molecule has 218 valence electrons. The Morgan fingerprint density at radius 1 is 0.976 bits per heavy atom. The molecule has 0 aliphatic rings. The molecule has 0 bridgehead atoms. The fourth-order valence-electron chi connectivity index (χ4n) is 4.60. The minimum atomic E-state index is -0.948. The maximum Gasteiger partial charge on any atom is 0.397 e. The Morgan fingerprint density at radius 2 is 1.76 bits per heavy atom. The van der Waals surface area contributed by atoms with Crippen molar-refractivity contribution in [3.8, 4) is 17.2 Å². The molecule has 9 heteroatoms. The summed E-state index contributed by atoms with van der Waals surface area (Å²) in [5.74, 6) is -0.864. The predicted molar refractivity (Wildman–Crippen MR) is 158 cm³/mol. The highest BCUT2D eigenvalue weighted by atomic mass is 19.1. The van der Waals surface area contributed by atoms with Gasteiger partial charge in [-0.1, -0.05) is 18.2 Å². The van der Waals surface area contributed by atoms with Crippen LogP contribution in [0.4, 0.5) is 10.1 Å². The highest BCUT2D eigenvalue weighted by molar-refractivity contribution is 6.37. The molecule has 0 saturated carbocycles. The van der Waals surface area contributed by atoms with Gasteiger partial charge in [0.2, 0.25) is 0 Å². The maximum absolute atomic E-state index is 13.9. The molecule has 0 unspecified atom stereocenters. The number of nitrogens with one attached hydrogen (secondary N) is 1. The predicted octanol–water partition coefficient (Wildman–Crippen LogP) is 6.08. The van der Waals surface area contributed by atoms with E-state index < -0.39 is 11.9 Å². The number of carbonyl (C=O) groups is 2.